The fourth-order valence-corrected chi connectivity index (χ4v) is 3.47. The first-order chi connectivity index (χ1) is 11.8. The second-order valence-corrected chi connectivity index (χ2v) is 7.17. The van der Waals surface area contributed by atoms with Crippen molar-refractivity contribution in [2.45, 2.75) is 13.8 Å². The summed E-state index contributed by atoms with van der Waals surface area (Å²) in [5.74, 6) is -0.471. The van der Waals surface area contributed by atoms with Crippen LogP contribution < -0.4 is 21.1 Å². The van der Waals surface area contributed by atoms with E-state index in [1.165, 1.54) is 11.3 Å². The van der Waals surface area contributed by atoms with E-state index in [9.17, 15) is 9.59 Å². The van der Waals surface area contributed by atoms with E-state index in [1.807, 2.05) is 6.92 Å². The van der Waals surface area contributed by atoms with Crippen molar-refractivity contribution in [2.75, 3.05) is 11.9 Å². The van der Waals surface area contributed by atoms with Gasteiger partial charge in [0.2, 0.25) is 0 Å². The molecule has 4 N–H and O–H groups in total. The molecule has 0 aliphatic heterocycles. The van der Waals surface area contributed by atoms with Gasteiger partial charge in [-0.2, -0.15) is 0 Å². The van der Waals surface area contributed by atoms with Gasteiger partial charge in [0.15, 0.2) is 11.7 Å². The number of ether oxygens (including phenoxy) is 1. The molecule has 2 amide bonds. The standard InChI is InChI=1S/C16H16ClN3O3S2/c1-8-9(2)25-15(13(8)14(18)22)20-16(24)19-12(21)7-23-11-5-3-10(17)4-6-11/h3-6H,7H2,1-2H3,(H2,18,22)(H2,19,20,21,24). The zero-order valence-electron chi connectivity index (χ0n) is 13.5. The minimum absolute atomic E-state index is 0.0634. The highest BCUT2D eigenvalue weighted by Gasteiger charge is 2.18. The number of carbonyl (C=O) groups is 2. The maximum Gasteiger partial charge on any atom is 0.264 e. The van der Waals surface area contributed by atoms with Gasteiger partial charge in [-0.1, -0.05) is 11.6 Å². The van der Waals surface area contributed by atoms with Crippen LogP contribution in [0.4, 0.5) is 5.00 Å². The molecule has 0 saturated carbocycles. The van der Waals surface area contributed by atoms with Crippen molar-refractivity contribution < 1.29 is 14.3 Å². The Morgan fingerprint density at radius 3 is 2.52 bits per heavy atom. The summed E-state index contributed by atoms with van der Waals surface area (Å²) < 4.78 is 5.33. The van der Waals surface area contributed by atoms with E-state index in [0.29, 0.717) is 21.3 Å². The van der Waals surface area contributed by atoms with Crippen molar-refractivity contribution >= 4 is 57.1 Å². The quantitative estimate of drug-likeness (QED) is 0.674. The number of benzene rings is 1. The number of nitrogens with two attached hydrogens (primary N) is 1. The molecule has 0 saturated heterocycles. The number of aryl methyl sites for hydroxylation is 1. The first-order valence-electron chi connectivity index (χ1n) is 7.17. The minimum atomic E-state index is -0.551. The van der Waals surface area contributed by atoms with Gasteiger partial charge >= 0.3 is 0 Å². The lowest BCUT2D eigenvalue weighted by Gasteiger charge is -2.10. The first-order valence-corrected chi connectivity index (χ1v) is 8.77. The van der Waals surface area contributed by atoms with Gasteiger partial charge in [0.05, 0.1) is 5.56 Å². The summed E-state index contributed by atoms with van der Waals surface area (Å²) in [6.45, 7) is 3.46. The molecule has 0 bridgehead atoms. The number of hydrogen-bond donors (Lipinski definition) is 3. The van der Waals surface area contributed by atoms with Crippen molar-refractivity contribution in [1.82, 2.24) is 5.32 Å². The van der Waals surface area contributed by atoms with Crippen molar-refractivity contribution in [3.05, 3.63) is 45.3 Å². The van der Waals surface area contributed by atoms with Crippen LogP contribution in [-0.2, 0) is 4.79 Å². The van der Waals surface area contributed by atoms with Gasteiger partial charge in [-0.15, -0.1) is 11.3 Å². The van der Waals surface area contributed by atoms with Gasteiger partial charge in [0, 0.05) is 9.90 Å². The first kappa shape index (κ1) is 19.2. The van der Waals surface area contributed by atoms with Crippen LogP contribution in [0.15, 0.2) is 24.3 Å². The predicted octanol–water partition coefficient (Wildman–Crippen LogP) is 3.01. The molecule has 2 rings (SSSR count). The molecule has 2 aromatic rings. The third-order valence-electron chi connectivity index (χ3n) is 3.30. The predicted molar refractivity (Wildman–Crippen MR) is 104 cm³/mol. The van der Waals surface area contributed by atoms with Crippen LogP contribution in [0.3, 0.4) is 0 Å². The molecule has 0 aliphatic rings. The van der Waals surface area contributed by atoms with Crippen LogP contribution in [0.1, 0.15) is 20.8 Å². The minimum Gasteiger partial charge on any atom is -0.484 e. The summed E-state index contributed by atoms with van der Waals surface area (Å²) in [5.41, 5.74) is 6.56. The lowest BCUT2D eigenvalue weighted by Crippen LogP contribution is -2.37. The highest BCUT2D eigenvalue weighted by Crippen LogP contribution is 2.31. The van der Waals surface area contributed by atoms with E-state index in [2.05, 4.69) is 10.6 Å². The fourth-order valence-electron chi connectivity index (χ4n) is 1.99. The Bertz CT molecular complexity index is 819. The SMILES string of the molecule is Cc1sc(NC(=S)NC(=O)COc2ccc(Cl)cc2)c(C(N)=O)c1C. The maximum absolute atomic E-state index is 11.9. The number of halogens is 1. The fraction of sp³-hybridized carbons (Fsp3) is 0.188. The van der Waals surface area contributed by atoms with Crippen molar-refractivity contribution in [1.29, 1.82) is 0 Å². The molecule has 1 aromatic heterocycles. The second kappa shape index (κ2) is 8.28. The van der Waals surface area contributed by atoms with Crippen molar-refractivity contribution in [3.8, 4) is 5.75 Å². The Balaban J connectivity index is 1.92. The van der Waals surface area contributed by atoms with E-state index in [-0.39, 0.29) is 11.7 Å². The molecule has 0 atom stereocenters. The molecule has 0 fully saturated rings. The van der Waals surface area contributed by atoms with E-state index in [4.69, 9.17) is 34.3 Å². The van der Waals surface area contributed by atoms with Crippen LogP contribution in [0, 0.1) is 13.8 Å². The third kappa shape index (κ3) is 5.15. The largest absolute Gasteiger partial charge is 0.484 e. The van der Waals surface area contributed by atoms with Crippen LogP contribution >= 0.6 is 35.2 Å². The molecule has 0 aliphatic carbocycles. The van der Waals surface area contributed by atoms with E-state index in [1.54, 1.807) is 31.2 Å². The molecule has 0 unspecified atom stereocenters. The highest BCUT2D eigenvalue weighted by molar-refractivity contribution is 7.80. The lowest BCUT2D eigenvalue weighted by atomic mass is 10.1. The number of anilines is 1. The number of carbonyl (C=O) groups excluding carboxylic acids is 2. The monoisotopic (exact) mass is 397 g/mol. The zero-order chi connectivity index (χ0) is 18.6. The Morgan fingerprint density at radius 2 is 1.92 bits per heavy atom. The van der Waals surface area contributed by atoms with Crippen LogP contribution in [0.25, 0.3) is 0 Å². The normalized spacial score (nSPS) is 10.2. The summed E-state index contributed by atoms with van der Waals surface area (Å²) in [7, 11) is 0. The molecule has 1 heterocycles. The van der Waals surface area contributed by atoms with E-state index >= 15 is 0 Å². The second-order valence-electron chi connectivity index (χ2n) is 5.10. The summed E-state index contributed by atoms with van der Waals surface area (Å²) in [6.07, 6.45) is 0. The van der Waals surface area contributed by atoms with Gasteiger partial charge in [-0.25, -0.2) is 0 Å². The van der Waals surface area contributed by atoms with Gasteiger partial charge in [0.25, 0.3) is 11.8 Å². The summed E-state index contributed by atoms with van der Waals surface area (Å²) >= 11 is 12.2. The summed E-state index contributed by atoms with van der Waals surface area (Å²) in [5, 5.41) is 6.47. The number of thiocarbonyl (C=S) groups is 1. The number of nitrogens with one attached hydrogen (secondary N) is 2. The number of amides is 2. The number of rotatable bonds is 5. The molecule has 9 heteroatoms. The number of thiophene rings is 1. The summed E-state index contributed by atoms with van der Waals surface area (Å²) in [6, 6.07) is 6.63. The molecule has 0 radical (unpaired) electrons. The molecular weight excluding hydrogens is 382 g/mol. The topological polar surface area (TPSA) is 93.4 Å². The average molecular weight is 398 g/mol. The van der Waals surface area contributed by atoms with Crippen molar-refractivity contribution in [2.24, 2.45) is 5.73 Å². The Morgan fingerprint density at radius 1 is 1.28 bits per heavy atom. The van der Waals surface area contributed by atoms with Gasteiger partial charge in [-0.3, -0.25) is 14.9 Å². The molecule has 0 spiro atoms. The zero-order valence-corrected chi connectivity index (χ0v) is 15.9. The van der Waals surface area contributed by atoms with Crippen molar-refractivity contribution in [3.63, 3.8) is 0 Å². The van der Waals surface area contributed by atoms with Gasteiger partial charge < -0.3 is 15.8 Å². The van der Waals surface area contributed by atoms with Crippen LogP contribution in [0.2, 0.25) is 5.02 Å². The summed E-state index contributed by atoms with van der Waals surface area (Å²) in [4.78, 5) is 24.4. The van der Waals surface area contributed by atoms with Crippen LogP contribution in [0.5, 0.6) is 5.75 Å². The Kier molecular flexibility index (Phi) is 6.35. The van der Waals surface area contributed by atoms with Crippen LogP contribution in [-0.4, -0.2) is 23.5 Å². The van der Waals surface area contributed by atoms with Gasteiger partial charge in [0.1, 0.15) is 10.8 Å². The molecule has 1 aromatic carbocycles. The Hall–Kier alpha value is -2.16. The molecule has 6 nitrogen and oxygen atoms in total. The molecular formula is C16H16ClN3O3S2. The van der Waals surface area contributed by atoms with Gasteiger partial charge in [-0.05, 0) is 55.9 Å². The lowest BCUT2D eigenvalue weighted by molar-refractivity contribution is -0.121. The smallest absolute Gasteiger partial charge is 0.264 e. The molecule has 25 heavy (non-hydrogen) atoms. The highest BCUT2D eigenvalue weighted by atomic mass is 35.5. The van der Waals surface area contributed by atoms with E-state index in [0.717, 1.165) is 10.4 Å². The third-order valence-corrected chi connectivity index (χ3v) is 4.87. The average Bonchev–Trinajstić information content (AvgIpc) is 2.80. The Labute approximate surface area is 159 Å². The number of hydrogen-bond acceptors (Lipinski definition) is 5. The van der Waals surface area contributed by atoms with E-state index < -0.39 is 11.8 Å². The molecule has 132 valence electrons. The number of primary amides is 1. The maximum atomic E-state index is 11.9.